The van der Waals surface area contributed by atoms with Crippen molar-refractivity contribution in [3.63, 3.8) is 0 Å². The molecule has 88 heavy (non-hydrogen) atoms. The van der Waals surface area contributed by atoms with E-state index in [1.807, 2.05) is 94.8 Å². The van der Waals surface area contributed by atoms with Crippen LogP contribution in [0.4, 0.5) is 25.2 Å². The van der Waals surface area contributed by atoms with Gasteiger partial charge in [0.15, 0.2) is 17.4 Å². The number of benzene rings is 3. The summed E-state index contributed by atoms with van der Waals surface area (Å²) >= 11 is 0. The fourth-order valence-electron chi connectivity index (χ4n) is 13.8. The van der Waals surface area contributed by atoms with E-state index >= 15 is 8.78 Å². The van der Waals surface area contributed by atoms with Crippen LogP contribution in [-0.2, 0) is 21.4 Å². The lowest BCUT2D eigenvalue weighted by atomic mass is 9.83. The number of aliphatic hydroxyl groups is 1. The number of aliphatic hydroxyl groups excluding tert-OH is 1. The lowest BCUT2D eigenvalue weighted by molar-refractivity contribution is -0.141. The van der Waals surface area contributed by atoms with E-state index in [0.717, 1.165) is 75.1 Å². The highest BCUT2D eigenvalue weighted by molar-refractivity contribution is 6.03. The Kier molecular flexibility index (Phi) is 16.5. The van der Waals surface area contributed by atoms with Crippen LogP contribution < -0.4 is 19.9 Å². The maximum absolute atomic E-state index is 17.3. The van der Waals surface area contributed by atoms with Gasteiger partial charge >= 0.3 is 12.1 Å². The molecule has 4 aromatic heterocycles. The molecule has 9 heterocycles. The Bertz CT molecular complexity index is 3800. The number of fused-ring (bicyclic) bond motifs is 4. The molecule has 3 amide bonds. The predicted molar refractivity (Wildman–Crippen MR) is 327 cm³/mol. The van der Waals surface area contributed by atoms with Crippen molar-refractivity contribution in [1.29, 1.82) is 0 Å². The van der Waals surface area contributed by atoms with Crippen molar-refractivity contribution in [2.75, 3.05) is 68.8 Å². The summed E-state index contributed by atoms with van der Waals surface area (Å²) in [5.41, 5.74) is 1.99. The Morgan fingerprint density at radius 3 is 2.33 bits per heavy atom. The number of nitrogens with one attached hydrogen (secondary N) is 1. The van der Waals surface area contributed by atoms with Gasteiger partial charge < -0.3 is 44.2 Å². The van der Waals surface area contributed by atoms with E-state index in [0.29, 0.717) is 59.6 Å². The van der Waals surface area contributed by atoms with Crippen LogP contribution in [0.15, 0.2) is 77.6 Å². The summed E-state index contributed by atoms with van der Waals surface area (Å²) in [7, 11) is 1.89. The minimum atomic E-state index is -0.844. The van der Waals surface area contributed by atoms with E-state index in [1.54, 1.807) is 10.9 Å². The molecule has 3 aromatic carbocycles. The highest BCUT2D eigenvalue weighted by Crippen LogP contribution is 2.42. The normalized spacial score (nSPS) is 20.8. The molecule has 4 unspecified atom stereocenters. The molecule has 12 rings (SSSR count). The standard InChI is InChI=1S/C66H76F2N12O8/c1-9-48-51(67)17-14-43-27-46(81)28-49(57(43)48)59-58(68)60-50(31-69-59)61(78-34-44-15-16-45(35-78)80(44)65(85)87-66(5,6)7)73-64(72-60)86-25-24-76-22-19-39(20-23-76)26-40-32-77(33-40)55-30-54(88-74-55)56(37(2)3)63(84)79-36-47(82)29-53(79)62(83)71-38(4)41-10-12-42(13-11-41)52-18-21-70-75(52)8/h1,10-14,17-18,21,27-28,30-31,37-40,44-45,47,53,56,81-82H,15-16,19-20,22-26,29,32-36H2,2-8H3,(H,71,83)/t38?,44?,45?,47-,53+,56?/m1/s1. The number of piperidine rings is 1. The highest BCUT2D eigenvalue weighted by atomic mass is 19.1. The van der Waals surface area contributed by atoms with Gasteiger partial charge in [-0.3, -0.25) is 29.1 Å². The van der Waals surface area contributed by atoms with Crippen LogP contribution in [0.5, 0.6) is 11.8 Å². The SMILES string of the molecule is C#Cc1c(F)ccc2cc(O)cc(-c3ncc4c(N5CC6CCC(C5)N6C(=O)OC(C)(C)C)nc(OCCN5CCC(CC6CN(c7cc(C(C(=O)N8C[C@H](O)C[C@H]8C(=O)NC(C)c8ccc(-c9ccnn9C)cc8)C(C)C)on7)C6)CC5)nc4c3F)c12. The minimum absolute atomic E-state index is 0.0300. The van der Waals surface area contributed by atoms with E-state index in [2.05, 4.69) is 41.3 Å². The molecule has 5 saturated heterocycles. The molecule has 5 fully saturated rings. The highest BCUT2D eigenvalue weighted by Gasteiger charge is 2.47. The number of terminal acetylenes is 1. The van der Waals surface area contributed by atoms with Crippen LogP contribution >= 0.6 is 0 Å². The van der Waals surface area contributed by atoms with E-state index < -0.39 is 35.3 Å². The zero-order valence-electron chi connectivity index (χ0n) is 50.8. The lowest BCUT2D eigenvalue weighted by Crippen LogP contribution is -2.57. The monoisotopic (exact) mass is 1200 g/mol. The summed E-state index contributed by atoms with van der Waals surface area (Å²) in [6.07, 6.45) is 12.6. The van der Waals surface area contributed by atoms with Gasteiger partial charge in [-0.15, -0.1) is 6.42 Å². The second-order valence-electron chi connectivity index (χ2n) is 25.9. The van der Waals surface area contributed by atoms with E-state index in [9.17, 15) is 24.6 Å². The Labute approximate surface area is 510 Å². The molecular weight excluding hydrogens is 1130 g/mol. The summed E-state index contributed by atoms with van der Waals surface area (Å²) in [4.78, 5) is 65.7. The number of amides is 3. The Morgan fingerprint density at radius 2 is 1.65 bits per heavy atom. The molecule has 462 valence electrons. The predicted octanol–water partition coefficient (Wildman–Crippen LogP) is 8.98. The first kappa shape index (κ1) is 59.9. The van der Waals surface area contributed by atoms with Gasteiger partial charge in [0.1, 0.15) is 52.8 Å². The molecule has 2 bridgehead atoms. The molecule has 20 nitrogen and oxygen atoms in total. The number of nitrogens with zero attached hydrogens (tertiary/aromatic N) is 11. The largest absolute Gasteiger partial charge is 0.508 e. The maximum Gasteiger partial charge on any atom is 0.410 e. The van der Waals surface area contributed by atoms with Crippen molar-refractivity contribution >= 4 is 51.2 Å². The number of likely N-dealkylation sites (tertiary alicyclic amines) is 2. The molecule has 0 radical (unpaired) electrons. The number of halogens is 2. The van der Waals surface area contributed by atoms with E-state index in [-0.39, 0.29) is 101 Å². The van der Waals surface area contributed by atoms with Crippen molar-refractivity contribution in [3.05, 3.63) is 102 Å². The van der Waals surface area contributed by atoms with E-state index in [4.69, 9.17) is 25.4 Å². The zero-order valence-corrected chi connectivity index (χ0v) is 50.8. The fraction of sp³-hybridized carbons (Fsp3) is 0.485. The van der Waals surface area contributed by atoms with Gasteiger partial charge in [-0.2, -0.15) is 15.1 Å². The number of piperazine rings is 1. The summed E-state index contributed by atoms with van der Waals surface area (Å²) in [5, 5.41) is 34.3. The third kappa shape index (κ3) is 12.0. The van der Waals surface area contributed by atoms with Gasteiger partial charge in [0, 0.05) is 82.1 Å². The third-order valence-electron chi connectivity index (χ3n) is 18.3. The molecule has 0 aliphatic carbocycles. The average Bonchev–Trinajstić information content (AvgIpc) is 1.29. The van der Waals surface area contributed by atoms with Gasteiger partial charge in [0.05, 0.1) is 40.9 Å². The number of pyridine rings is 1. The van der Waals surface area contributed by atoms with Crippen LogP contribution in [0.2, 0.25) is 0 Å². The first-order valence-electron chi connectivity index (χ1n) is 30.7. The van der Waals surface area contributed by atoms with Crippen molar-refractivity contribution < 1.29 is 47.4 Å². The molecule has 22 heteroatoms. The molecule has 5 aliphatic heterocycles. The molecule has 7 aromatic rings. The van der Waals surface area contributed by atoms with Gasteiger partial charge in [-0.05, 0) is 131 Å². The van der Waals surface area contributed by atoms with Crippen LogP contribution in [0.3, 0.4) is 0 Å². The van der Waals surface area contributed by atoms with Crippen LogP contribution in [0.1, 0.15) is 109 Å². The number of ether oxygens (including phenoxy) is 2. The molecule has 0 saturated carbocycles. The summed E-state index contributed by atoms with van der Waals surface area (Å²) in [6.45, 7) is 16.4. The number of aryl methyl sites for hydroxylation is 1. The van der Waals surface area contributed by atoms with Crippen molar-refractivity contribution in [1.82, 2.24) is 49.9 Å². The number of hydrogen-bond acceptors (Lipinski definition) is 16. The number of β-amino-alcohol motifs (C(OH)–C–C–N with tert-alkyl or cyclic N) is 1. The number of carbonyl (C=O) groups is 3. The summed E-state index contributed by atoms with van der Waals surface area (Å²) in [5.74, 6) is 1.75. The molecule has 6 atom stereocenters. The number of aromatic nitrogens is 6. The lowest BCUT2D eigenvalue weighted by Gasteiger charge is -2.42. The average molecular weight is 1200 g/mol. The first-order valence-corrected chi connectivity index (χ1v) is 30.7. The van der Waals surface area contributed by atoms with Crippen molar-refractivity contribution in [2.45, 2.75) is 122 Å². The van der Waals surface area contributed by atoms with E-state index in [1.165, 1.54) is 35.4 Å². The Hall–Kier alpha value is -8.42. The number of aromatic hydroxyl groups is 1. The number of phenols is 1. The zero-order chi connectivity index (χ0) is 61.9. The fourth-order valence-corrected chi connectivity index (χ4v) is 13.8. The minimum Gasteiger partial charge on any atom is -0.508 e. The van der Waals surface area contributed by atoms with Crippen LogP contribution in [0.25, 0.3) is 44.2 Å². The summed E-state index contributed by atoms with van der Waals surface area (Å²) < 4.78 is 52.4. The van der Waals surface area contributed by atoms with Crippen LogP contribution in [-0.4, -0.2) is 162 Å². The van der Waals surface area contributed by atoms with Crippen molar-refractivity contribution in [2.24, 2.45) is 24.8 Å². The number of hydrogen-bond donors (Lipinski definition) is 3. The quantitative estimate of drug-likeness (QED) is 0.0769. The number of carbonyl (C=O) groups excluding carboxylic acids is 3. The Morgan fingerprint density at radius 1 is 0.909 bits per heavy atom. The molecule has 5 aliphatic rings. The number of phenolic OH excluding ortho intramolecular Hbond substituents is 1. The number of anilines is 2. The second kappa shape index (κ2) is 24.3. The van der Waals surface area contributed by atoms with Crippen LogP contribution in [0, 0.1) is 41.7 Å². The molecule has 0 spiro atoms. The summed E-state index contributed by atoms with van der Waals surface area (Å²) in [6, 6.07) is 15.6. The molecular formula is C66H76F2N12O8. The second-order valence-corrected chi connectivity index (χ2v) is 25.9. The van der Waals surface area contributed by atoms with Gasteiger partial charge in [-0.25, -0.2) is 13.6 Å². The van der Waals surface area contributed by atoms with Gasteiger partial charge in [0.2, 0.25) is 11.8 Å². The first-order chi connectivity index (χ1) is 42.2. The van der Waals surface area contributed by atoms with Gasteiger partial charge in [-0.1, -0.05) is 55.3 Å². The van der Waals surface area contributed by atoms with Crippen molar-refractivity contribution in [3.8, 4) is 46.6 Å². The Balaban J connectivity index is 0.661. The van der Waals surface area contributed by atoms with Gasteiger partial charge in [0.25, 0.3) is 0 Å². The maximum atomic E-state index is 17.3. The third-order valence-corrected chi connectivity index (χ3v) is 18.3. The topological polar surface area (TPSA) is 221 Å². The molecule has 3 N–H and O–H groups in total. The smallest absolute Gasteiger partial charge is 0.410 e. The number of rotatable bonds is 16.